The third-order valence-electron chi connectivity index (χ3n) is 10.3. The highest BCUT2D eigenvalue weighted by atomic mass is 32.2. The molecule has 6 unspecified atom stereocenters. The van der Waals surface area contributed by atoms with Crippen LogP contribution in [0.15, 0.2) is 47.5 Å². The number of carbonyl (C=O) groups excluding carboxylic acids is 3. The van der Waals surface area contributed by atoms with E-state index in [9.17, 15) is 34.2 Å². The maximum atomic E-state index is 13.7. The minimum absolute atomic E-state index is 0.00584. The average Bonchev–Trinajstić information content (AvgIpc) is 3.68. The summed E-state index contributed by atoms with van der Waals surface area (Å²) in [4.78, 5) is 66.4. The third kappa shape index (κ3) is 8.89. The number of carboxylic acids is 2. The fourth-order valence-electron chi connectivity index (χ4n) is 7.86. The van der Waals surface area contributed by atoms with Gasteiger partial charge >= 0.3 is 17.9 Å². The van der Waals surface area contributed by atoms with Gasteiger partial charge in [0, 0.05) is 24.6 Å². The van der Waals surface area contributed by atoms with Gasteiger partial charge in [0.1, 0.15) is 23.8 Å². The minimum atomic E-state index is -2.19. The second kappa shape index (κ2) is 16.3. The summed E-state index contributed by atoms with van der Waals surface area (Å²) < 4.78 is 6.26. The highest BCUT2D eigenvalue weighted by Crippen LogP contribution is 2.56. The van der Waals surface area contributed by atoms with Gasteiger partial charge in [-0.1, -0.05) is 43.8 Å². The fourth-order valence-corrected chi connectivity index (χ4v) is 9.52. The number of esters is 1. The van der Waals surface area contributed by atoms with Crippen molar-refractivity contribution in [2.24, 2.45) is 23.0 Å². The highest BCUT2D eigenvalue weighted by molar-refractivity contribution is 8.00. The van der Waals surface area contributed by atoms with Gasteiger partial charge in [-0.15, -0.1) is 11.8 Å². The van der Waals surface area contributed by atoms with E-state index in [1.807, 2.05) is 17.4 Å². The standard InChI is InChI=1S/C35H46N4O9S/c36-24(32(43)44)7-8-26(40)38-25(30(41)39-31(42)33(45)46)19-49-29-28-27-22(6-2-1-3-11-35(29)12-4-5-13-35)17-21(18-23(27)34(47)48-28)16-20-9-14-37-15-10-20/h9-10,14-15,18,22-25,29,31,42H,1-8,11-13,16-17,19,36H2,(H,38,40)(H,39,41)(H,43,44)(H,45,46). The predicted octanol–water partition coefficient (Wildman–Crippen LogP) is 2.82. The Labute approximate surface area is 289 Å². The number of nitrogens with zero attached hydrogens (tertiary/aromatic N) is 1. The lowest BCUT2D eigenvalue weighted by molar-refractivity contribution is -0.151. The summed E-state index contributed by atoms with van der Waals surface area (Å²) in [7, 11) is 0. The lowest BCUT2D eigenvalue weighted by Crippen LogP contribution is -2.53. The number of pyridine rings is 1. The van der Waals surface area contributed by atoms with Gasteiger partial charge in [-0.05, 0) is 79.5 Å². The minimum Gasteiger partial charge on any atom is -0.480 e. The molecule has 3 aliphatic carbocycles. The Morgan fingerprint density at radius 1 is 1.02 bits per heavy atom. The summed E-state index contributed by atoms with van der Waals surface area (Å²) in [5.74, 6) is -4.49. The van der Waals surface area contributed by atoms with Crippen LogP contribution in [0.25, 0.3) is 0 Å². The van der Waals surface area contributed by atoms with Gasteiger partial charge in [-0.3, -0.25) is 24.2 Å². The molecule has 0 aromatic carbocycles. The van der Waals surface area contributed by atoms with Crippen molar-refractivity contribution in [1.29, 1.82) is 0 Å². The fraction of sp³-hybridized carbons (Fsp3) is 0.600. The lowest BCUT2D eigenvalue weighted by Gasteiger charge is -2.40. The number of allylic oxidation sites excluding steroid dienone is 1. The Morgan fingerprint density at radius 3 is 2.39 bits per heavy atom. The Kier molecular flexibility index (Phi) is 12.2. The number of rotatable bonds is 13. The molecule has 7 N–H and O–H groups in total. The third-order valence-corrected chi connectivity index (χ3v) is 11.9. The van der Waals surface area contributed by atoms with Gasteiger partial charge in [0.05, 0.1) is 5.25 Å². The van der Waals surface area contributed by atoms with Crippen molar-refractivity contribution in [3.63, 3.8) is 0 Å². The maximum absolute atomic E-state index is 13.7. The Bertz CT molecular complexity index is 1480. The molecule has 0 radical (unpaired) electrons. The van der Waals surface area contributed by atoms with Gasteiger partial charge in [0.15, 0.2) is 0 Å². The summed E-state index contributed by atoms with van der Waals surface area (Å²) in [5.41, 5.74) is 8.70. The molecule has 14 heteroatoms. The van der Waals surface area contributed by atoms with Crippen molar-refractivity contribution in [2.75, 3.05) is 5.75 Å². The normalized spacial score (nSPS) is 25.0. The SMILES string of the molecule is NC(CCC(=O)NC(CSC1C2=C3C(CCCCCC14CCCC4)CC(Cc1ccncc1)=CC3C(=O)O2)C(=O)NC(O)C(=O)O)C(=O)O. The number of amides is 2. The van der Waals surface area contributed by atoms with Crippen molar-refractivity contribution in [3.8, 4) is 0 Å². The number of thioether (sulfide) groups is 1. The second-order valence-electron chi connectivity index (χ2n) is 13.7. The number of aliphatic carboxylic acids is 2. The van der Waals surface area contributed by atoms with Crippen LogP contribution in [-0.2, 0) is 35.1 Å². The Hall–Kier alpha value is -3.75. The van der Waals surface area contributed by atoms with Crippen molar-refractivity contribution in [2.45, 2.75) is 107 Å². The first-order valence-corrected chi connectivity index (χ1v) is 18.2. The van der Waals surface area contributed by atoms with Crippen LogP contribution in [0.2, 0.25) is 0 Å². The van der Waals surface area contributed by atoms with Crippen LogP contribution in [0.5, 0.6) is 0 Å². The number of aromatic nitrogens is 1. The zero-order valence-corrected chi connectivity index (χ0v) is 28.3. The van der Waals surface area contributed by atoms with E-state index in [-0.39, 0.29) is 41.1 Å². The molecular formula is C35H46N4O9S. The summed E-state index contributed by atoms with van der Waals surface area (Å²) in [6, 6.07) is 1.42. The molecule has 4 aliphatic rings. The second-order valence-corrected chi connectivity index (χ2v) is 14.8. The van der Waals surface area contributed by atoms with Gasteiger partial charge in [-0.2, -0.15) is 0 Å². The summed E-state index contributed by atoms with van der Waals surface area (Å²) >= 11 is 1.41. The number of hydrogen-bond acceptors (Lipinski definition) is 10. The monoisotopic (exact) mass is 698 g/mol. The van der Waals surface area contributed by atoms with E-state index in [2.05, 4.69) is 16.4 Å². The molecule has 1 aromatic rings. The predicted molar refractivity (Wildman–Crippen MR) is 180 cm³/mol. The first-order chi connectivity index (χ1) is 23.5. The van der Waals surface area contributed by atoms with Crippen LogP contribution in [-0.4, -0.2) is 79.3 Å². The molecule has 13 nitrogen and oxygen atoms in total. The number of nitrogens with one attached hydrogen (secondary N) is 2. The van der Waals surface area contributed by atoms with Crippen LogP contribution in [0, 0.1) is 17.3 Å². The van der Waals surface area contributed by atoms with E-state index in [0.717, 1.165) is 81.8 Å². The van der Waals surface area contributed by atoms with E-state index in [0.29, 0.717) is 5.76 Å². The largest absolute Gasteiger partial charge is 0.480 e. The first-order valence-electron chi connectivity index (χ1n) is 17.1. The molecule has 49 heavy (non-hydrogen) atoms. The molecule has 1 aliphatic heterocycles. The smallest absolute Gasteiger partial charge is 0.353 e. The quantitative estimate of drug-likeness (QED) is 0.0996. The molecule has 266 valence electrons. The van der Waals surface area contributed by atoms with Crippen LogP contribution in [0.3, 0.4) is 0 Å². The summed E-state index contributed by atoms with van der Waals surface area (Å²) in [6.45, 7) is 0. The molecule has 0 bridgehead atoms. The Morgan fingerprint density at radius 2 is 1.71 bits per heavy atom. The van der Waals surface area contributed by atoms with Crippen LogP contribution < -0.4 is 16.4 Å². The number of ether oxygens (including phenoxy) is 1. The maximum Gasteiger partial charge on any atom is 0.353 e. The molecule has 1 saturated carbocycles. The lowest BCUT2D eigenvalue weighted by atomic mass is 9.70. The molecule has 5 rings (SSSR count). The van der Waals surface area contributed by atoms with E-state index in [1.54, 1.807) is 12.4 Å². The molecule has 2 amide bonds. The van der Waals surface area contributed by atoms with Gasteiger partial charge in [0.25, 0.3) is 0 Å². The summed E-state index contributed by atoms with van der Waals surface area (Å²) in [5, 5.41) is 32.5. The number of aliphatic hydroxyl groups excluding tert-OH is 1. The highest BCUT2D eigenvalue weighted by Gasteiger charge is 2.51. The van der Waals surface area contributed by atoms with E-state index in [1.165, 1.54) is 17.3 Å². The topological polar surface area (TPSA) is 218 Å². The average molecular weight is 699 g/mol. The number of carbonyl (C=O) groups is 5. The Balaban J connectivity index is 1.46. The van der Waals surface area contributed by atoms with E-state index in [4.69, 9.17) is 15.6 Å². The van der Waals surface area contributed by atoms with Gasteiger partial charge in [-0.25, -0.2) is 4.79 Å². The molecular weight excluding hydrogens is 652 g/mol. The molecule has 2 heterocycles. The number of hydrogen-bond donors (Lipinski definition) is 6. The van der Waals surface area contributed by atoms with Gasteiger partial charge in [0.2, 0.25) is 18.0 Å². The van der Waals surface area contributed by atoms with Crippen LogP contribution >= 0.6 is 11.8 Å². The first kappa shape index (κ1) is 36.5. The van der Waals surface area contributed by atoms with Crippen molar-refractivity contribution < 1.29 is 44.0 Å². The molecule has 0 saturated heterocycles. The summed E-state index contributed by atoms with van der Waals surface area (Å²) in [6.07, 6.45) is 13.3. The van der Waals surface area contributed by atoms with Crippen molar-refractivity contribution in [3.05, 3.63) is 53.1 Å². The number of carboxylic acid groups (broad SMARTS) is 2. The van der Waals surface area contributed by atoms with Crippen LogP contribution in [0.4, 0.5) is 0 Å². The van der Waals surface area contributed by atoms with E-state index >= 15 is 0 Å². The van der Waals surface area contributed by atoms with Crippen molar-refractivity contribution in [1.82, 2.24) is 15.6 Å². The van der Waals surface area contributed by atoms with E-state index < -0.39 is 48.0 Å². The van der Waals surface area contributed by atoms with Gasteiger partial charge < -0.3 is 36.4 Å². The van der Waals surface area contributed by atoms with Crippen molar-refractivity contribution >= 4 is 41.5 Å². The molecule has 1 aromatic heterocycles. The van der Waals surface area contributed by atoms with Crippen LogP contribution in [0.1, 0.15) is 82.6 Å². The number of nitrogens with two attached hydrogens (primary N) is 1. The molecule has 1 fully saturated rings. The zero-order chi connectivity index (χ0) is 35.1. The zero-order valence-electron chi connectivity index (χ0n) is 27.5. The molecule has 1 spiro atoms. The number of aliphatic hydroxyl groups is 1. The molecule has 6 atom stereocenters.